The second kappa shape index (κ2) is 4.96. The van der Waals surface area contributed by atoms with Gasteiger partial charge in [-0.05, 0) is 44.0 Å². The number of thiophene rings is 1. The molecule has 0 spiro atoms. The van der Waals surface area contributed by atoms with Crippen LogP contribution >= 0.6 is 43.2 Å². The fourth-order valence-corrected chi connectivity index (χ4v) is 3.51. The lowest BCUT2D eigenvalue weighted by Crippen LogP contribution is -2.11. The molecule has 0 aliphatic heterocycles. The number of benzene rings is 1. The normalized spacial score (nSPS) is 12.8. The van der Waals surface area contributed by atoms with Crippen LogP contribution in [0, 0.1) is 5.82 Å². The third-order valence-corrected chi connectivity index (χ3v) is 5.55. The van der Waals surface area contributed by atoms with Crippen molar-refractivity contribution in [3.05, 3.63) is 54.8 Å². The summed E-state index contributed by atoms with van der Waals surface area (Å²) in [6.07, 6.45) is 0. The Balaban J connectivity index is 2.39. The van der Waals surface area contributed by atoms with E-state index in [1.807, 2.05) is 6.07 Å². The van der Waals surface area contributed by atoms with Gasteiger partial charge in [-0.25, -0.2) is 4.39 Å². The maximum absolute atomic E-state index is 13.5. The van der Waals surface area contributed by atoms with Crippen molar-refractivity contribution in [3.63, 3.8) is 0 Å². The zero-order valence-corrected chi connectivity index (χ0v) is 12.1. The van der Waals surface area contributed by atoms with Gasteiger partial charge in [0.1, 0.15) is 5.82 Å². The number of halogens is 3. The Morgan fingerprint density at radius 2 is 1.94 bits per heavy atom. The summed E-state index contributed by atoms with van der Waals surface area (Å²) < 4.78 is 15.4. The average molecular weight is 365 g/mol. The van der Waals surface area contributed by atoms with Gasteiger partial charge in [0.05, 0.1) is 9.83 Å². The van der Waals surface area contributed by atoms with Crippen molar-refractivity contribution in [2.45, 2.75) is 6.04 Å². The predicted molar refractivity (Wildman–Crippen MR) is 72.1 cm³/mol. The molecule has 0 amide bonds. The molecular formula is C11H8Br2FNS. The van der Waals surface area contributed by atoms with Crippen LogP contribution in [0.15, 0.2) is 38.6 Å². The second-order valence-electron chi connectivity index (χ2n) is 3.27. The molecule has 1 atom stereocenters. The molecule has 0 bridgehead atoms. The molecule has 0 fully saturated rings. The molecule has 84 valence electrons. The monoisotopic (exact) mass is 363 g/mol. The lowest BCUT2D eigenvalue weighted by atomic mass is 10.1. The van der Waals surface area contributed by atoms with Gasteiger partial charge in [-0.3, -0.25) is 0 Å². The topological polar surface area (TPSA) is 26.0 Å². The predicted octanol–water partition coefficient (Wildman–Crippen LogP) is 4.46. The van der Waals surface area contributed by atoms with Crippen molar-refractivity contribution in [2.24, 2.45) is 5.73 Å². The average Bonchev–Trinajstić information content (AvgIpc) is 2.59. The molecule has 16 heavy (non-hydrogen) atoms. The maximum Gasteiger partial charge on any atom is 0.128 e. The highest BCUT2D eigenvalue weighted by Gasteiger charge is 2.16. The van der Waals surface area contributed by atoms with Gasteiger partial charge in [0.25, 0.3) is 0 Å². The third-order valence-electron chi connectivity index (χ3n) is 2.21. The van der Waals surface area contributed by atoms with Crippen molar-refractivity contribution >= 4 is 43.2 Å². The van der Waals surface area contributed by atoms with Crippen LogP contribution in [-0.2, 0) is 0 Å². The SMILES string of the molecule is NC(c1cc(Br)c(Br)s1)c1ccccc1F. The van der Waals surface area contributed by atoms with Crippen molar-refractivity contribution in [1.82, 2.24) is 0 Å². The Labute approximate surface area is 114 Å². The smallest absolute Gasteiger partial charge is 0.128 e. The van der Waals surface area contributed by atoms with Gasteiger partial charge in [-0.2, -0.15) is 0 Å². The molecule has 2 aromatic rings. The quantitative estimate of drug-likeness (QED) is 0.836. The highest BCUT2D eigenvalue weighted by atomic mass is 79.9. The van der Waals surface area contributed by atoms with Crippen molar-refractivity contribution in [3.8, 4) is 0 Å². The molecule has 1 aromatic carbocycles. The highest BCUT2D eigenvalue weighted by molar-refractivity contribution is 9.13. The minimum absolute atomic E-state index is 0.268. The molecule has 2 N–H and O–H groups in total. The number of hydrogen-bond donors (Lipinski definition) is 1. The molecule has 0 saturated heterocycles. The van der Waals surface area contributed by atoms with E-state index in [1.54, 1.807) is 18.2 Å². The van der Waals surface area contributed by atoms with Gasteiger partial charge < -0.3 is 5.73 Å². The summed E-state index contributed by atoms with van der Waals surface area (Å²) in [5.41, 5.74) is 6.55. The molecule has 0 aliphatic rings. The second-order valence-corrected chi connectivity index (χ2v) is 6.53. The van der Waals surface area contributed by atoms with E-state index in [-0.39, 0.29) is 5.82 Å². The van der Waals surface area contributed by atoms with Crippen molar-refractivity contribution < 1.29 is 4.39 Å². The van der Waals surface area contributed by atoms with Gasteiger partial charge in [0.2, 0.25) is 0 Å². The molecular weight excluding hydrogens is 357 g/mol. The van der Waals surface area contributed by atoms with E-state index in [9.17, 15) is 4.39 Å². The van der Waals surface area contributed by atoms with E-state index in [2.05, 4.69) is 31.9 Å². The van der Waals surface area contributed by atoms with Crippen LogP contribution in [0.25, 0.3) is 0 Å². The summed E-state index contributed by atoms with van der Waals surface area (Å²) in [6, 6.07) is 8.07. The first-order valence-electron chi connectivity index (χ1n) is 4.54. The minimum atomic E-state index is -0.422. The van der Waals surface area contributed by atoms with Crippen LogP contribution in [0.1, 0.15) is 16.5 Å². The largest absolute Gasteiger partial charge is 0.320 e. The van der Waals surface area contributed by atoms with Gasteiger partial charge in [0, 0.05) is 14.9 Å². The summed E-state index contributed by atoms with van der Waals surface area (Å²) in [7, 11) is 0. The zero-order valence-electron chi connectivity index (χ0n) is 8.08. The van der Waals surface area contributed by atoms with E-state index in [4.69, 9.17) is 5.73 Å². The molecule has 1 nitrogen and oxygen atoms in total. The minimum Gasteiger partial charge on any atom is -0.320 e. The van der Waals surface area contributed by atoms with E-state index in [0.717, 1.165) is 13.1 Å². The van der Waals surface area contributed by atoms with Crippen LogP contribution in [0.2, 0.25) is 0 Å². The summed E-state index contributed by atoms with van der Waals surface area (Å²) in [6.45, 7) is 0. The standard InChI is InChI=1S/C11H8Br2FNS/c12-7-5-9(16-11(7)13)10(15)6-3-1-2-4-8(6)14/h1-5,10H,15H2. The first kappa shape index (κ1) is 12.2. The Kier molecular flexibility index (Phi) is 3.79. The maximum atomic E-state index is 13.5. The summed E-state index contributed by atoms with van der Waals surface area (Å²) >= 11 is 8.29. The molecule has 5 heteroatoms. The van der Waals surface area contributed by atoms with E-state index in [1.165, 1.54) is 17.4 Å². The molecule has 0 radical (unpaired) electrons. The molecule has 2 rings (SSSR count). The van der Waals surface area contributed by atoms with Crippen molar-refractivity contribution in [2.75, 3.05) is 0 Å². The summed E-state index contributed by atoms with van der Waals surface area (Å²) in [5, 5.41) is 0. The van der Waals surface area contributed by atoms with Gasteiger partial charge >= 0.3 is 0 Å². The van der Waals surface area contributed by atoms with Crippen LogP contribution in [-0.4, -0.2) is 0 Å². The van der Waals surface area contributed by atoms with E-state index >= 15 is 0 Å². The van der Waals surface area contributed by atoms with Gasteiger partial charge in [-0.15, -0.1) is 11.3 Å². The fourth-order valence-electron chi connectivity index (χ4n) is 1.40. The molecule has 0 saturated carbocycles. The van der Waals surface area contributed by atoms with Crippen LogP contribution in [0.3, 0.4) is 0 Å². The van der Waals surface area contributed by atoms with Crippen LogP contribution in [0.4, 0.5) is 4.39 Å². The lowest BCUT2D eigenvalue weighted by Gasteiger charge is -2.10. The number of nitrogens with two attached hydrogens (primary N) is 1. The highest BCUT2D eigenvalue weighted by Crippen LogP contribution is 2.37. The number of hydrogen-bond acceptors (Lipinski definition) is 2. The lowest BCUT2D eigenvalue weighted by molar-refractivity contribution is 0.601. The Morgan fingerprint density at radius 1 is 1.25 bits per heavy atom. The van der Waals surface area contributed by atoms with E-state index < -0.39 is 6.04 Å². The van der Waals surface area contributed by atoms with Crippen LogP contribution < -0.4 is 5.73 Å². The van der Waals surface area contributed by atoms with Crippen molar-refractivity contribution in [1.29, 1.82) is 0 Å². The molecule has 1 aromatic heterocycles. The molecule has 1 unspecified atom stereocenters. The Hall–Kier alpha value is -0.230. The summed E-state index contributed by atoms with van der Waals surface area (Å²) in [4.78, 5) is 0.920. The number of rotatable bonds is 2. The zero-order chi connectivity index (χ0) is 11.7. The molecule has 0 aliphatic carbocycles. The summed E-state index contributed by atoms with van der Waals surface area (Å²) in [5.74, 6) is -0.268. The van der Waals surface area contributed by atoms with E-state index in [0.29, 0.717) is 5.56 Å². The first-order chi connectivity index (χ1) is 7.59. The fraction of sp³-hybridized carbons (Fsp3) is 0.0909. The van der Waals surface area contributed by atoms with Gasteiger partial charge in [0.15, 0.2) is 0 Å². The molecule has 1 heterocycles. The third kappa shape index (κ3) is 2.37. The Bertz CT molecular complexity index is 493. The van der Waals surface area contributed by atoms with Crippen LogP contribution in [0.5, 0.6) is 0 Å². The Morgan fingerprint density at radius 3 is 2.50 bits per heavy atom. The first-order valence-corrected chi connectivity index (χ1v) is 6.94. The van der Waals surface area contributed by atoms with Gasteiger partial charge in [-0.1, -0.05) is 18.2 Å².